The third kappa shape index (κ3) is 5.25. The number of carbonyl (C=O) groups excluding carboxylic acids is 4. The van der Waals surface area contributed by atoms with E-state index < -0.39 is 18.2 Å². The number of esters is 1. The zero-order valence-electron chi connectivity index (χ0n) is 18.7. The van der Waals surface area contributed by atoms with Crippen molar-refractivity contribution in [1.29, 1.82) is 0 Å². The summed E-state index contributed by atoms with van der Waals surface area (Å²) in [5, 5.41) is 2.65. The highest BCUT2D eigenvalue weighted by atomic mass is 16.6. The summed E-state index contributed by atoms with van der Waals surface area (Å²) in [6.07, 6.45) is 1.79. The minimum Gasteiger partial charge on any atom is -0.460 e. The van der Waals surface area contributed by atoms with Crippen LogP contribution >= 0.6 is 0 Å². The van der Waals surface area contributed by atoms with Gasteiger partial charge in [-0.25, -0.2) is 9.59 Å². The summed E-state index contributed by atoms with van der Waals surface area (Å²) in [4.78, 5) is 50.2. The number of nitrogens with one attached hydrogen (secondary N) is 1. The number of ether oxygens (including phenoxy) is 2. The van der Waals surface area contributed by atoms with Crippen molar-refractivity contribution in [2.45, 2.75) is 19.1 Å². The van der Waals surface area contributed by atoms with E-state index in [1.807, 2.05) is 36.4 Å². The summed E-state index contributed by atoms with van der Waals surface area (Å²) in [6, 6.07) is 15.7. The fourth-order valence-electron chi connectivity index (χ4n) is 3.91. The van der Waals surface area contributed by atoms with Crippen molar-refractivity contribution < 1.29 is 28.7 Å². The molecule has 1 N–H and O–H groups in total. The van der Waals surface area contributed by atoms with E-state index in [1.165, 1.54) is 11.8 Å². The monoisotopic (exact) mass is 463 g/mol. The third-order valence-electron chi connectivity index (χ3n) is 5.71. The topological polar surface area (TPSA) is 105 Å². The number of anilines is 1. The molecule has 3 amide bonds. The number of cyclic esters (lactones) is 1. The van der Waals surface area contributed by atoms with Gasteiger partial charge in [-0.15, -0.1) is 0 Å². The molecular weight excluding hydrogens is 438 g/mol. The maximum atomic E-state index is 12.2. The Morgan fingerprint density at radius 2 is 1.88 bits per heavy atom. The molecule has 176 valence electrons. The van der Waals surface area contributed by atoms with Crippen LogP contribution in [-0.4, -0.2) is 67.7 Å². The Bertz CT molecular complexity index is 1100. The number of rotatable bonds is 8. The van der Waals surface area contributed by atoms with Crippen LogP contribution in [0.5, 0.6) is 0 Å². The fourth-order valence-corrected chi connectivity index (χ4v) is 3.91. The van der Waals surface area contributed by atoms with Crippen molar-refractivity contribution in [3.05, 3.63) is 71.8 Å². The van der Waals surface area contributed by atoms with Crippen LogP contribution in [0, 0.1) is 0 Å². The first-order chi connectivity index (χ1) is 16.4. The predicted molar refractivity (Wildman–Crippen MR) is 124 cm³/mol. The van der Waals surface area contributed by atoms with E-state index in [4.69, 9.17) is 9.47 Å². The lowest BCUT2D eigenvalue weighted by Crippen LogP contribution is -2.33. The van der Waals surface area contributed by atoms with Crippen LogP contribution in [-0.2, 0) is 19.1 Å². The molecular formula is C25H25N3O6. The molecule has 2 heterocycles. The molecule has 0 bridgehead atoms. The Hall–Kier alpha value is -4.14. The van der Waals surface area contributed by atoms with E-state index in [9.17, 15) is 19.2 Å². The molecule has 0 aromatic heterocycles. The number of hydrogen-bond acceptors (Lipinski definition) is 6. The average molecular weight is 463 g/mol. The van der Waals surface area contributed by atoms with Crippen molar-refractivity contribution in [3.63, 3.8) is 0 Å². The molecule has 0 saturated carbocycles. The van der Waals surface area contributed by atoms with E-state index >= 15 is 0 Å². The van der Waals surface area contributed by atoms with Gasteiger partial charge >= 0.3 is 12.1 Å². The van der Waals surface area contributed by atoms with E-state index in [0.717, 1.165) is 17.5 Å². The van der Waals surface area contributed by atoms with Gasteiger partial charge in [0.1, 0.15) is 12.7 Å². The summed E-state index contributed by atoms with van der Waals surface area (Å²) < 4.78 is 10.7. The quantitative estimate of drug-likeness (QED) is 0.476. The molecule has 0 radical (unpaired) electrons. The van der Waals surface area contributed by atoms with Gasteiger partial charge in [-0.1, -0.05) is 36.4 Å². The Morgan fingerprint density at radius 1 is 1.15 bits per heavy atom. The van der Waals surface area contributed by atoms with Gasteiger partial charge in [-0.3, -0.25) is 14.5 Å². The van der Waals surface area contributed by atoms with Gasteiger partial charge < -0.3 is 19.7 Å². The Morgan fingerprint density at radius 3 is 2.56 bits per heavy atom. The molecule has 34 heavy (non-hydrogen) atoms. The van der Waals surface area contributed by atoms with Crippen LogP contribution in [0.2, 0.25) is 0 Å². The van der Waals surface area contributed by atoms with Crippen LogP contribution in [0.25, 0.3) is 5.57 Å². The molecule has 2 aliphatic rings. The minimum absolute atomic E-state index is 0.0589. The summed E-state index contributed by atoms with van der Waals surface area (Å²) in [6.45, 7) is 2.47. The molecule has 2 aromatic rings. The van der Waals surface area contributed by atoms with E-state index in [1.54, 1.807) is 29.2 Å². The second-order valence-electron chi connectivity index (χ2n) is 8.10. The summed E-state index contributed by atoms with van der Waals surface area (Å²) in [5.41, 5.74) is 2.96. The molecule has 4 rings (SSSR count). The second kappa shape index (κ2) is 10.2. The van der Waals surface area contributed by atoms with Crippen LogP contribution in [0.4, 0.5) is 10.5 Å². The van der Waals surface area contributed by atoms with E-state index in [2.05, 4.69) is 5.32 Å². The maximum Gasteiger partial charge on any atom is 0.414 e. The number of nitrogens with zero attached hydrogens (tertiary/aromatic N) is 2. The largest absolute Gasteiger partial charge is 0.460 e. The third-order valence-corrected chi connectivity index (χ3v) is 5.71. The van der Waals surface area contributed by atoms with Crippen molar-refractivity contribution in [2.75, 3.05) is 31.1 Å². The van der Waals surface area contributed by atoms with E-state index in [0.29, 0.717) is 24.3 Å². The van der Waals surface area contributed by atoms with Gasteiger partial charge in [0.05, 0.1) is 24.7 Å². The first-order valence-electron chi connectivity index (χ1n) is 10.9. The van der Waals surface area contributed by atoms with Crippen molar-refractivity contribution in [2.24, 2.45) is 0 Å². The lowest BCUT2D eigenvalue weighted by Gasteiger charge is -2.19. The molecule has 0 aliphatic carbocycles. The summed E-state index contributed by atoms with van der Waals surface area (Å²) >= 11 is 0. The normalized spacial score (nSPS) is 19.4. The molecule has 2 aromatic carbocycles. The number of hydrogen-bond donors (Lipinski definition) is 1. The molecule has 1 saturated heterocycles. The summed E-state index contributed by atoms with van der Waals surface area (Å²) in [5.74, 6) is -0.617. The Labute approximate surface area is 196 Å². The van der Waals surface area contributed by atoms with Crippen molar-refractivity contribution >= 4 is 35.6 Å². The fraction of sp³-hybridized carbons (Fsp3) is 0.280. The highest BCUT2D eigenvalue weighted by molar-refractivity contribution is 5.90. The Kier molecular flexibility index (Phi) is 6.91. The molecule has 2 atom stereocenters. The van der Waals surface area contributed by atoms with E-state index in [-0.39, 0.29) is 25.1 Å². The predicted octanol–water partition coefficient (Wildman–Crippen LogP) is 2.23. The highest BCUT2D eigenvalue weighted by Crippen LogP contribution is 2.28. The molecule has 0 spiro atoms. The lowest BCUT2D eigenvalue weighted by atomic mass is 10.1. The molecule has 2 aliphatic heterocycles. The second-order valence-corrected chi connectivity index (χ2v) is 8.10. The van der Waals surface area contributed by atoms with Crippen molar-refractivity contribution in [3.8, 4) is 0 Å². The van der Waals surface area contributed by atoms with Gasteiger partial charge in [0, 0.05) is 19.2 Å². The van der Waals surface area contributed by atoms with Crippen LogP contribution < -0.4 is 10.2 Å². The average Bonchev–Trinajstić information content (AvgIpc) is 3.45. The van der Waals surface area contributed by atoms with Crippen LogP contribution in [0.1, 0.15) is 22.8 Å². The van der Waals surface area contributed by atoms with Crippen LogP contribution in [0.15, 0.2) is 60.7 Å². The minimum atomic E-state index is -0.462. The maximum absolute atomic E-state index is 12.2. The lowest BCUT2D eigenvalue weighted by molar-refractivity contribution is -0.119. The smallest absolute Gasteiger partial charge is 0.414 e. The Balaban J connectivity index is 1.39. The molecule has 0 unspecified atom stereocenters. The number of carbonyl (C=O) groups is 4. The van der Waals surface area contributed by atoms with Gasteiger partial charge in [0.25, 0.3) is 0 Å². The molecule has 1 fully saturated rings. The highest BCUT2D eigenvalue weighted by Gasteiger charge is 2.32. The first-order valence-corrected chi connectivity index (χ1v) is 10.9. The van der Waals surface area contributed by atoms with Gasteiger partial charge in [0.2, 0.25) is 12.3 Å². The standard InChI is InChI=1S/C25H25N3O6/c1-17(30)26-12-23-14-28(25(32)34-23)21-9-7-18(8-10-21)20-11-22(27(13-20)16-29)15-33-24(31)19-5-3-2-4-6-19/h2-11,16,22-23H,12-15H2,1H3,(H,26,30)/t22-,23-/m0/s1. The van der Waals surface area contributed by atoms with Gasteiger partial charge in [-0.2, -0.15) is 0 Å². The van der Waals surface area contributed by atoms with Crippen molar-refractivity contribution in [1.82, 2.24) is 10.2 Å². The molecule has 9 nitrogen and oxygen atoms in total. The number of amides is 3. The number of benzene rings is 2. The molecule has 9 heteroatoms. The van der Waals surface area contributed by atoms with Gasteiger partial charge in [-0.05, 0) is 35.4 Å². The first kappa shape index (κ1) is 23.0. The van der Waals surface area contributed by atoms with Crippen LogP contribution in [0.3, 0.4) is 0 Å². The van der Waals surface area contributed by atoms with Gasteiger partial charge in [0.15, 0.2) is 0 Å². The summed E-state index contributed by atoms with van der Waals surface area (Å²) in [7, 11) is 0. The zero-order chi connectivity index (χ0) is 24.1. The zero-order valence-corrected chi connectivity index (χ0v) is 18.7. The SMILES string of the molecule is CC(=O)NC[C@H]1CN(c2ccc(C3=C[C@@H](COC(=O)c4ccccc4)N(C=O)C3)cc2)C(=O)O1.